The third kappa shape index (κ3) is 2.71. The number of likely N-dealkylation sites (tertiary alicyclic amines) is 1. The maximum Gasteiger partial charge on any atom is 0.0207 e. The molecule has 0 spiro atoms. The maximum absolute atomic E-state index is 3.63. The van der Waals surface area contributed by atoms with Gasteiger partial charge in [-0.1, -0.05) is 13.3 Å². The Morgan fingerprint density at radius 2 is 2.14 bits per heavy atom. The predicted octanol–water partition coefficient (Wildman–Crippen LogP) is 1.86. The van der Waals surface area contributed by atoms with E-state index in [4.69, 9.17) is 0 Å². The molecule has 2 fully saturated rings. The van der Waals surface area contributed by atoms with Gasteiger partial charge in [-0.15, -0.1) is 0 Å². The summed E-state index contributed by atoms with van der Waals surface area (Å²) in [6, 6.07) is 0.787. The first-order valence-electron chi connectivity index (χ1n) is 6.34. The van der Waals surface area contributed by atoms with Gasteiger partial charge >= 0.3 is 0 Å². The molecule has 1 aliphatic heterocycles. The van der Waals surface area contributed by atoms with Gasteiger partial charge in [0, 0.05) is 19.1 Å². The summed E-state index contributed by atoms with van der Waals surface area (Å²) in [5.74, 6) is 1.04. The Labute approximate surface area is 88.1 Å². The van der Waals surface area contributed by atoms with Gasteiger partial charge in [0.25, 0.3) is 0 Å². The molecule has 1 aliphatic carbocycles. The Bertz CT molecular complexity index is 166. The Balaban J connectivity index is 1.61. The van der Waals surface area contributed by atoms with Crippen LogP contribution in [0.1, 0.15) is 39.0 Å². The second-order valence-corrected chi connectivity index (χ2v) is 5.00. The van der Waals surface area contributed by atoms with Gasteiger partial charge < -0.3 is 10.2 Å². The van der Waals surface area contributed by atoms with Crippen molar-refractivity contribution >= 4 is 0 Å². The summed E-state index contributed by atoms with van der Waals surface area (Å²) in [6.45, 7) is 7.45. The highest BCUT2D eigenvalue weighted by Gasteiger charge is 2.26. The number of rotatable bonds is 5. The van der Waals surface area contributed by atoms with Gasteiger partial charge in [0.05, 0.1) is 0 Å². The van der Waals surface area contributed by atoms with Crippen LogP contribution in [0.5, 0.6) is 0 Å². The van der Waals surface area contributed by atoms with Crippen molar-refractivity contribution in [3.63, 3.8) is 0 Å². The van der Waals surface area contributed by atoms with Gasteiger partial charge in [-0.3, -0.25) is 0 Å². The molecule has 2 aliphatic rings. The minimum absolute atomic E-state index is 0.787. The van der Waals surface area contributed by atoms with E-state index < -0.39 is 0 Å². The molecule has 1 N–H and O–H groups in total. The molecule has 0 bridgehead atoms. The van der Waals surface area contributed by atoms with Crippen molar-refractivity contribution in [3.8, 4) is 0 Å². The molecule has 1 atom stereocenters. The summed E-state index contributed by atoms with van der Waals surface area (Å²) in [7, 11) is 0. The van der Waals surface area contributed by atoms with Crippen LogP contribution in [-0.4, -0.2) is 37.1 Å². The molecule has 1 unspecified atom stereocenters. The number of nitrogens with one attached hydrogen (secondary N) is 1. The predicted molar refractivity (Wildman–Crippen MR) is 60.5 cm³/mol. The number of hydrogen-bond acceptors (Lipinski definition) is 2. The smallest absolute Gasteiger partial charge is 0.0207 e. The van der Waals surface area contributed by atoms with Gasteiger partial charge in [-0.25, -0.2) is 0 Å². The van der Waals surface area contributed by atoms with E-state index in [1.807, 2.05) is 0 Å². The minimum Gasteiger partial charge on any atom is -0.313 e. The molecule has 0 aromatic heterocycles. The van der Waals surface area contributed by atoms with E-state index in [0.29, 0.717) is 0 Å². The number of nitrogens with zero attached hydrogens (tertiary/aromatic N) is 1. The monoisotopic (exact) mass is 196 g/mol. The van der Waals surface area contributed by atoms with Crippen LogP contribution in [0, 0.1) is 5.92 Å². The van der Waals surface area contributed by atoms with E-state index in [0.717, 1.165) is 12.0 Å². The summed E-state index contributed by atoms with van der Waals surface area (Å²) >= 11 is 0. The molecular weight excluding hydrogens is 172 g/mol. The average molecular weight is 196 g/mol. The molecule has 0 aromatic rings. The van der Waals surface area contributed by atoms with Crippen LogP contribution < -0.4 is 5.32 Å². The Morgan fingerprint density at radius 1 is 1.29 bits per heavy atom. The largest absolute Gasteiger partial charge is 0.313 e. The van der Waals surface area contributed by atoms with E-state index in [9.17, 15) is 0 Å². The van der Waals surface area contributed by atoms with E-state index in [-0.39, 0.29) is 0 Å². The summed E-state index contributed by atoms with van der Waals surface area (Å²) in [6.07, 6.45) is 7.09. The highest BCUT2D eigenvalue weighted by molar-refractivity contribution is 4.83. The Kier molecular flexibility index (Phi) is 3.82. The van der Waals surface area contributed by atoms with Gasteiger partial charge in [0.15, 0.2) is 0 Å². The normalized spacial score (nSPS) is 29.4. The number of hydrogen-bond donors (Lipinski definition) is 1. The van der Waals surface area contributed by atoms with Crippen LogP contribution in [0.3, 0.4) is 0 Å². The van der Waals surface area contributed by atoms with Gasteiger partial charge in [0.2, 0.25) is 0 Å². The molecule has 0 aromatic carbocycles. The molecule has 0 radical (unpaired) electrons. The molecule has 0 amide bonds. The van der Waals surface area contributed by atoms with Crippen LogP contribution in [0.2, 0.25) is 0 Å². The average Bonchev–Trinajstić information content (AvgIpc) is 2.56. The molecule has 1 heterocycles. The van der Waals surface area contributed by atoms with Crippen molar-refractivity contribution in [3.05, 3.63) is 0 Å². The van der Waals surface area contributed by atoms with Crippen LogP contribution >= 0.6 is 0 Å². The molecule has 2 heteroatoms. The summed E-state index contributed by atoms with van der Waals surface area (Å²) in [5, 5.41) is 3.63. The third-order valence-corrected chi connectivity index (χ3v) is 3.70. The molecule has 1 saturated heterocycles. The molecule has 14 heavy (non-hydrogen) atoms. The van der Waals surface area contributed by atoms with Crippen molar-refractivity contribution < 1.29 is 0 Å². The lowest BCUT2D eigenvalue weighted by molar-refractivity contribution is 0.202. The fourth-order valence-electron chi connectivity index (χ4n) is 2.55. The summed E-state index contributed by atoms with van der Waals surface area (Å²) in [4.78, 5) is 2.66. The fourth-order valence-corrected chi connectivity index (χ4v) is 2.55. The van der Waals surface area contributed by atoms with Crippen molar-refractivity contribution in [2.45, 2.75) is 45.1 Å². The summed E-state index contributed by atoms with van der Waals surface area (Å²) in [5.41, 5.74) is 0. The lowest BCUT2D eigenvalue weighted by Gasteiger charge is -2.30. The highest BCUT2D eigenvalue weighted by atomic mass is 15.2. The van der Waals surface area contributed by atoms with Gasteiger partial charge in [0.1, 0.15) is 0 Å². The van der Waals surface area contributed by atoms with Crippen molar-refractivity contribution in [1.29, 1.82) is 0 Å². The van der Waals surface area contributed by atoms with Crippen LogP contribution in [-0.2, 0) is 0 Å². The second-order valence-electron chi connectivity index (χ2n) is 5.00. The molecule has 1 saturated carbocycles. The molecule has 2 rings (SSSR count). The first-order chi connectivity index (χ1) is 6.88. The van der Waals surface area contributed by atoms with E-state index in [1.54, 1.807) is 0 Å². The zero-order chi connectivity index (χ0) is 9.80. The van der Waals surface area contributed by atoms with Crippen molar-refractivity contribution in [2.75, 3.05) is 26.2 Å². The standard InChI is InChI=1S/C12H24N2/c1-2-7-13-12-6-8-14(10-12)9-11-4-3-5-11/h11-13H,2-10H2,1H3. The third-order valence-electron chi connectivity index (χ3n) is 3.70. The highest BCUT2D eigenvalue weighted by Crippen LogP contribution is 2.28. The van der Waals surface area contributed by atoms with Crippen LogP contribution in [0.4, 0.5) is 0 Å². The lowest BCUT2D eigenvalue weighted by Crippen LogP contribution is -2.35. The van der Waals surface area contributed by atoms with E-state index in [1.165, 1.54) is 58.3 Å². The van der Waals surface area contributed by atoms with Crippen molar-refractivity contribution in [2.24, 2.45) is 5.92 Å². The fraction of sp³-hybridized carbons (Fsp3) is 1.00. The quantitative estimate of drug-likeness (QED) is 0.722. The van der Waals surface area contributed by atoms with Gasteiger partial charge in [-0.2, -0.15) is 0 Å². The zero-order valence-electron chi connectivity index (χ0n) is 9.47. The molecule has 2 nitrogen and oxygen atoms in total. The van der Waals surface area contributed by atoms with E-state index in [2.05, 4.69) is 17.1 Å². The first-order valence-corrected chi connectivity index (χ1v) is 6.34. The summed E-state index contributed by atoms with van der Waals surface area (Å²) < 4.78 is 0. The second kappa shape index (κ2) is 5.13. The zero-order valence-corrected chi connectivity index (χ0v) is 9.47. The lowest BCUT2D eigenvalue weighted by atomic mass is 9.85. The minimum atomic E-state index is 0.787. The van der Waals surface area contributed by atoms with Crippen LogP contribution in [0.25, 0.3) is 0 Å². The van der Waals surface area contributed by atoms with E-state index >= 15 is 0 Å². The Morgan fingerprint density at radius 3 is 2.79 bits per heavy atom. The van der Waals surface area contributed by atoms with Crippen LogP contribution in [0.15, 0.2) is 0 Å². The SMILES string of the molecule is CCCNC1CCN(CC2CCC2)C1. The molecule has 82 valence electrons. The molecular formula is C12H24N2. The Hall–Kier alpha value is -0.0800. The topological polar surface area (TPSA) is 15.3 Å². The maximum atomic E-state index is 3.63. The first kappa shape index (κ1) is 10.4. The van der Waals surface area contributed by atoms with Crippen molar-refractivity contribution in [1.82, 2.24) is 10.2 Å². The van der Waals surface area contributed by atoms with Gasteiger partial charge in [-0.05, 0) is 44.7 Å².